The Labute approximate surface area is 192 Å². The van der Waals surface area contributed by atoms with Crippen molar-refractivity contribution < 1.29 is 26.3 Å². The summed E-state index contributed by atoms with van der Waals surface area (Å²) >= 11 is 1.56. The fourth-order valence-electron chi connectivity index (χ4n) is 3.30. The largest absolute Gasteiger partial charge is 0.423 e. The van der Waals surface area contributed by atoms with E-state index < -0.39 is 39.1 Å². The molecule has 0 saturated carbocycles. The third-order valence-corrected chi connectivity index (χ3v) is 7.71. The van der Waals surface area contributed by atoms with Gasteiger partial charge in [-0.05, 0) is 13.8 Å². The quantitative estimate of drug-likeness (QED) is 0.488. The summed E-state index contributed by atoms with van der Waals surface area (Å²) in [5.74, 6) is -0.240. The van der Waals surface area contributed by atoms with Crippen LogP contribution in [0.4, 0.5) is 24.0 Å². The first-order valence-electron chi connectivity index (χ1n) is 10.1. The Morgan fingerprint density at radius 1 is 1.27 bits per heavy atom. The molecule has 0 aliphatic carbocycles. The Morgan fingerprint density at radius 2 is 1.97 bits per heavy atom. The third kappa shape index (κ3) is 6.65. The maximum atomic E-state index is 13.1. The molecule has 0 spiro atoms. The van der Waals surface area contributed by atoms with Crippen LogP contribution in [0.15, 0.2) is 17.2 Å². The van der Waals surface area contributed by atoms with Gasteiger partial charge in [-0.3, -0.25) is 4.79 Å². The highest BCUT2D eigenvalue weighted by Crippen LogP contribution is 2.31. The number of piperazine rings is 1. The van der Waals surface area contributed by atoms with E-state index in [1.807, 2.05) is 11.8 Å². The molecule has 2 aromatic heterocycles. The summed E-state index contributed by atoms with van der Waals surface area (Å²) in [6.07, 6.45) is -2.19. The van der Waals surface area contributed by atoms with Gasteiger partial charge in [0, 0.05) is 43.3 Å². The first-order chi connectivity index (χ1) is 15.5. The van der Waals surface area contributed by atoms with Crippen LogP contribution in [-0.2, 0) is 20.9 Å². The van der Waals surface area contributed by atoms with Crippen LogP contribution < -0.4 is 15.8 Å². The first kappa shape index (κ1) is 25.4. The highest BCUT2D eigenvalue weighted by atomic mass is 32.2. The second-order valence-electron chi connectivity index (χ2n) is 7.56. The lowest BCUT2D eigenvalue weighted by Gasteiger charge is -2.33. The molecule has 1 aliphatic heterocycles. The Bertz CT molecular complexity index is 1100. The van der Waals surface area contributed by atoms with Crippen LogP contribution in [0.25, 0.3) is 0 Å². The molecule has 3 rings (SSSR count). The number of aromatic amines is 1. The van der Waals surface area contributed by atoms with Crippen molar-refractivity contribution in [2.45, 2.75) is 26.1 Å². The summed E-state index contributed by atoms with van der Waals surface area (Å²) < 4.78 is 71.3. The van der Waals surface area contributed by atoms with Gasteiger partial charge in [0.15, 0.2) is 5.13 Å². The van der Waals surface area contributed by atoms with Crippen molar-refractivity contribution in [1.29, 1.82) is 0 Å². The smallest absolute Gasteiger partial charge is 0.378 e. The van der Waals surface area contributed by atoms with Gasteiger partial charge in [-0.2, -0.15) is 22.6 Å². The zero-order valence-electron chi connectivity index (χ0n) is 18.1. The number of nitrogens with one attached hydrogen (secondary N) is 2. The van der Waals surface area contributed by atoms with Crippen LogP contribution in [0, 0.1) is 6.92 Å². The van der Waals surface area contributed by atoms with Crippen molar-refractivity contribution in [2.24, 2.45) is 0 Å². The van der Waals surface area contributed by atoms with Crippen LogP contribution >= 0.6 is 11.3 Å². The van der Waals surface area contributed by atoms with Crippen molar-refractivity contribution in [3.05, 3.63) is 33.2 Å². The predicted octanol–water partition coefficient (Wildman–Crippen LogP) is 1.52. The molecule has 0 amide bonds. The lowest BCUT2D eigenvalue weighted by molar-refractivity contribution is -0.138. The van der Waals surface area contributed by atoms with E-state index in [9.17, 15) is 26.4 Å². The maximum absolute atomic E-state index is 13.1. The molecule has 1 aliphatic rings. The summed E-state index contributed by atoms with van der Waals surface area (Å²) in [6.45, 7) is 5.11. The van der Waals surface area contributed by atoms with Crippen LogP contribution in [0.3, 0.4) is 0 Å². The average Bonchev–Trinajstić information content (AvgIpc) is 3.17. The molecule has 0 aromatic carbocycles. The van der Waals surface area contributed by atoms with E-state index in [1.165, 1.54) is 4.31 Å². The lowest BCUT2D eigenvalue weighted by Crippen LogP contribution is -2.49. The number of anilines is 2. The summed E-state index contributed by atoms with van der Waals surface area (Å²) in [5, 5.41) is 8.56. The van der Waals surface area contributed by atoms with Gasteiger partial charge in [-0.25, -0.2) is 18.5 Å². The topological polar surface area (TPSA) is 121 Å². The van der Waals surface area contributed by atoms with E-state index in [-0.39, 0.29) is 19.0 Å². The van der Waals surface area contributed by atoms with Crippen molar-refractivity contribution in [3.8, 4) is 0 Å². The van der Waals surface area contributed by atoms with Crippen molar-refractivity contribution >= 4 is 32.2 Å². The van der Waals surface area contributed by atoms with E-state index in [2.05, 4.69) is 15.4 Å². The minimum absolute atomic E-state index is 0.0587. The minimum atomic E-state index is -4.85. The Balaban J connectivity index is 1.44. The Kier molecular flexibility index (Phi) is 7.97. The fourth-order valence-corrected chi connectivity index (χ4v) is 5.41. The molecule has 15 heteroatoms. The van der Waals surface area contributed by atoms with Crippen molar-refractivity contribution in [1.82, 2.24) is 19.5 Å². The van der Waals surface area contributed by atoms with E-state index in [1.54, 1.807) is 29.6 Å². The lowest BCUT2D eigenvalue weighted by atomic mass is 10.2. The molecule has 184 valence electrons. The second kappa shape index (κ2) is 10.4. The maximum Gasteiger partial charge on any atom is 0.423 e. The zero-order chi connectivity index (χ0) is 24.2. The molecule has 0 radical (unpaired) electrons. The van der Waals surface area contributed by atoms with E-state index >= 15 is 0 Å². The zero-order valence-corrected chi connectivity index (χ0v) is 19.7. The molecule has 3 heterocycles. The second-order valence-corrected chi connectivity index (χ2v) is 10.9. The van der Waals surface area contributed by atoms with Gasteiger partial charge in [0.25, 0.3) is 5.56 Å². The summed E-state index contributed by atoms with van der Waals surface area (Å²) in [6, 6.07) is -0.622. The molecule has 2 N–H and O–H groups in total. The fraction of sp³-hybridized carbons (Fsp3) is 0.611. The number of ether oxygens (including phenoxy) is 1. The summed E-state index contributed by atoms with van der Waals surface area (Å²) in [4.78, 5) is 19.0. The molecule has 33 heavy (non-hydrogen) atoms. The van der Waals surface area contributed by atoms with Crippen molar-refractivity contribution in [2.75, 3.05) is 55.4 Å². The summed E-state index contributed by atoms with van der Waals surface area (Å²) in [5.41, 5.74) is -3.20. The number of aromatic nitrogens is 3. The van der Waals surface area contributed by atoms with Crippen LogP contribution in [-0.4, -0.2) is 79.1 Å². The van der Waals surface area contributed by atoms with Crippen LogP contribution in [0.1, 0.15) is 17.4 Å². The number of rotatable bonds is 9. The molecule has 0 unspecified atom stereocenters. The Hall–Kier alpha value is -2.23. The first-order valence-corrected chi connectivity index (χ1v) is 12.5. The van der Waals surface area contributed by atoms with Gasteiger partial charge < -0.3 is 15.0 Å². The number of thiazole rings is 1. The number of alkyl halides is 3. The van der Waals surface area contributed by atoms with Gasteiger partial charge in [-0.15, -0.1) is 11.3 Å². The van der Waals surface area contributed by atoms with Gasteiger partial charge >= 0.3 is 6.18 Å². The Morgan fingerprint density at radius 3 is 2.58 bits per heavy atom. The predicted molar refractivity (Wildman–Crippen MR) is 118 cm³/mol. The number of hydrogen-bond acceptors (Lipinski definition) is 9. The average molecular weight is 511 g/mol. The standard InChI is InChI=1S/C18H25F3N6O4S2/c1-12(24-14-10-23-25-16(28)15(14)18(19,20)21)11-31-7-8-33(29,30)27-5-3-26(4-6-27)17-22-9-13(2)32-17/h9-10,12H,3-8,11H2,1-2H3,(H2,24,25,28)/t12-/m0/s1. The molecular weight excluding hydrogens is 485 g/mol. The van der Waals surface area contributed by atoms with Crippen molar-refractivity contribution in [3.63, 3.8) is 0 Å². The number of aryl methyl sites for hydroxylation is 1. The van der Waals surface area contributed by atoms with Gasteiger partial charge in [0.05, 0.1) is 30.9 Å². The van der Waals surface area contributed by atoms with E-state index in [0.717, 1.165) is 16.2 Å². The summed E-state index contributed by atoms with van der Waals surface area (Å²) in [7, 11) is -3.53. The molecule has 1 atom stereocenters. The normalized spacial score (nSPS) is 16.7. The molecular formula is C18H25F3N6O4S2. The van der Waals surface area contributed by atoms with E-state index in [0.29, 0.717) is 26.2 Å². The molecule has 10 nitrogen and oxygen atoms in total. The molecule has 2 aromatic rings. The van der Waals surface area contributed by atoms with Gasteiger partial charge in [-0.1, -0.05) is 0 Å². The van der Waals surface area contributed by atoms with Crippen LogP contribution in [0.5, 0.6) is 0 Å². The van der Waals surface area contributed by atoms with Crippen LogP contribution in [0.2, 0.25) is 0 Å². The molecule has 1 fully saturated rings. The third-order valence-electron chi connectivity index (χ3n) is 4.91. The minimum Gasteiger partial charge on any atom is -0.378 e. The number of nitrogens with zero attached hydrogens (tertiary/aromatic N) is 4. The SMILES string of the molecule is Cc1cnc(N2CCN(S(=O)(=O)CCOC[C@H](C)Nc3cn[nH]c(=O)c3C(F)(F)F)CC2)s1. The number of H-pyrrole nitrogens is 1. The van der Waals surface area contributed by atoms with E-state index in [4.69, 9.17) is 4.74 Å². The monoisotopic (exact) mass is 510 g/mol. The highest BCUT2D eigenvalue weighted by Gasteiger charge is 2.37. The van der Waals surface area contributed by atoms with Gasteiger partial charge in [0.2, 0.25) is 10.0 Å². The number of halogens is 3. The number of sulfonamides is 1. The highest BCUT2D eigenvalue weighted by molar-refractivity contribution is 7.89. The molecule has 0 bridgehead atoms. The van der Waals surface area contributed by atoms with Gasteiger partial charge in [0.1, 0.15) is 5.56 Å². The molecule has 1 saturated heterocycles. The number of hydrogen-bond donors (Lipinski definition) is 2.